The number of aliphatic hydroxyl groups excluding tert-OH is 4. The van der Waals surface area contributed by atoms with Crippen LogP contribution in [-0.2, 0) is 32.7 Å². The Morgan fingerprint density at radius 1 is 0.604 bits per heavy atom. The molecule has 0 aliphatic carbocycles. The van der Waals surface area contributed by atoms with Gasteiger partial charge < -0.3 is 34.8 Å². The van der Waals surface area contributed by atoms with Gasteiger partial charge in [-0.3, -0.25) is 18.6 Å². The van der Waals surface area contributed by atoms with Crippen LogP contribution in [-0.4, -0.2) is 88.1 Å². The SMILES string of the molecule is CCCCC/C=C\C[C@H](O)[C@@H](O)CCCCCCCC(=O)O[C@H](COC(=O)CCCCCCCCCCCCCCC)COP(=O)(O)OC[C@@H](O)CO. The molecular weight excluding hydrogens is 703 g/mol. The highest BCUT2D eigenvalue weighted by Crippen LogP contribution is 2.43. The maximum atomic E-state index is 12.6. The number of unbranched alkanes of at least 4 members (excludes halogenated alkanes) is 19. The number of rotatable bonds is 39. The van der Waals surface area contributed by atoms with Gasteiger partial charge in [-0.25, -0.2) is 4.57 Å². The molecule has 0 radical (unpaired) electrons. The third kappa shape index (κ3) is 34.8. The van der Waals surface area contributed by atoms with Crippen LogP contribution in [0.5, 0.6) is 0 Å². The lowest BCUT2D eigenvalue weighted by atomic mass is 10.0. The van der Waals surface area contributed by atoms with Crippen LogP contribution in [0.2, 0.25) is 0 Å². The molecule has 0 aliphatic rings. The first-order chi connectivity index (χ1) is 25.5. The van der Waals surface area contributed by atoms with Crippen molar-refractivity contribution < 1.29 is 58.0 Å². The summed E-state index contributed by atoms with van der Waals surface area (Å²) in [5.74, 6) is -1.03. The second kappa shape index (κ2) is 36.3. The maximum Gasteiger partial charge on any atom is 0.472 e. The molecule has 53 heavy (non-hydrogen) atoms. The van der Waals surface area contributed by atoms with Gasteiger partial charge in [0.15, 0.2) is 6.10 Å². The minimum absolute atomic E-state index is 0.0886. The highest BCUT2D eigenvalue weighted by Gasteiger charge is 2.27. The van der Waals surface area contributed by atoms with E-state index in [9.17, 15) is 34.4 Å². The van der Waals surface area contributed by atoms with Gasteiger partial charge in [0.2, 0.25) is 0 Å². The Bertz CT molecular complexity index is 933. The molecule has 5 N–H and O–H groups in total. The van der Waals surface area contributed by atoms with Crippen LogP contribution in [0.4, 0.5) is 0 Å². The quantitative estimate of drug-likeness (QED) is 0.0174. The Labute approximate surface area is 321 Å². The van der Waals surface area contributed by atoms with Crippen molar-refractivity contribution >= 4 is 19.8 Å². The molecule has 0 fully saturated rings. The Balaban J connectivity index is 4.44. The number of phosphoric acid groups is 1. The summed E-state index contributed by atoms with van der Waals surface area (Å²) in [6.45, 7) is 2.14. The van der Waals surface area contributed by atoms with Gasteiger partial charge in [0.05, 0.1) is 32.0 Å². The summed E-state index contributed by atoms with van der Waals surface area (Å²) in [4.78, 5) is 34.9. The van der Waals surface area contributed by atoms with Gasteiger partial charge in [-0.1, -0.05) is 142 Å². The molecule has 0 saturated heterocycles. The molecule has 0 aromatic rings. The maximum absolute atomic E-state index is 12.6. The topological polar surface area (TPSA) is 189 Å². The predicted molar refractivity (Wildman–Crippen MR) is 208 cm³/mol. The number of phosphoric ester groups is 1. The third-order valence-electron chi connectivity index (χ3n) is 9.12. The van der Waals surface area contributed by atoms with Crippen LogP contribution in [0, 0.1) is 0 Å². The fourth-order valence-electron chi connectivity index (χ4n) is 5.72. The number of ether oxygens (including phenoxy) is 2. The van der Waals surface area contributed by atoms with Crippen molar-refractivity contribution in [2.24, 2.45) is 0 Å². The van der Waals surface area contributed by atoms with Gasteiger partial charge in [-0.2, -0.15) is 0 Å². The van der Waals surface area contributed by atoms with Crippen molar-refractivity contribution in [3.63, 3.8) is 0 Å². The third-order valence-corrected chi connectivity index (χ3v) is 10.1. The van der Waals surface area contributed by atoms with Crippen LogP contribution in [0.15, 0.2) is 12.2 Å². The van der Waals surface area contributed by atoms with Crippen molar-refractivity contribution in [1.29, 1.82) is 0 Å². The second-order valence-electron chi connectivity index (χ2n) is 14.3. The fourth-order valence-corrected chi connectivity index (χ4v) is 6.51. The summed E-state index contributed by atoms with van der Waals surface area (Å²) in [5.41, 5.74) is 0. The van der Waals surface area contributed by atoms with Gasteiger partial charge in [-0.05, 0) is 38.5 Å². The summed E-state index contributed by atoms with van der Waals surface area (Å²) in [7, 11) is -4.65. The van der Waals surface area contributed by atoms with E-state index in [1.807, 2.05) is 6.08 Å². The van der Waals surface area contributed by atoms with E-state index in [-0.39, 0.29) is 19.4 Å². The highest BCUT2D eigenvalue weighted by molar-refractivity contribution is 7.47. The number of esters is 2. The van der Waals surface area contributed by atoms with E-state index >= 15 is 0 Å². The van der Waals surface area contributed by atoms with E-state index in [4.69, 9.17) is 19.1 Å². The smallest absolute Gasteiger partial charge is 0.462 e. The van der Waals surface area contributed by atoms with E-state index in [0.29, 0.717) is 25.7 Å². The number of carbonyl (C=O) groups excluding carboxylic acids is 2. The lowest BCUT2D eigenvalue weighted by Crippen LogP contribution is -2.29. The van der Waals surface area contributed by atoms with Crippen molar-refractivity contribution in [3.8, 4) is 0 Å². The number of carbonyl (C=O) groups is 2. The highest BCUT2D eigenvalue weighted by atomic mass is 31.2. The summed E-state index contributed by atoms with van der Waals surface area (Å²) >= 11 is 0. The van der Waals surface area contributed by atoms with Crippen LogP contribution in [0.1, 0.15) is 181 Å². The van der Waals surface area contributed by atoms with Crippen molar-refractivity contribution in [3.05, 3.63) is 12.2 Å². The van der Waals surface area contributed by atoms with Crippen LogP contribution in [0.25, 0.3) is 0 Å². The number of hydrogen-bond donors (Lipinski definition) is 5. The van der Waals surface area contributed by atoms with Crippen LogP contribution >= 0.6 is 7.82 Å². The molecule has 0 aromatic carbocycles. The molecule has 0 saturated carbocycles. The second-order valence-corrected chi connectivity index (χ2v) is 15.8. The van der Waals surface area contributed by atoms with E-state index < -0.39 is 64.0 Å². The Morgan fingerprint density at radius 2 is 1.09 bits per heavy atom. The van der Waals surface area contributed by atoms with Crippen molar-refractivity contribution in [1.82, 2.24) is 0 Å². The molecular formula is C40H77O12P. The molecule has 1 unspecified atom stereocenters. The zero-order valence-corrected chi connectivity index (χ0v) is 34.1. The largest absolute Gasteiger partial charge is 0.472 e. The molecule has 5 atom stereocenters. The first-order valence-electron chi connectivity index (χ1n) is 20.8. The van der Waals surface area contributed by atoms with E-state index in [1.165, 1.54) is 70.6 Å². The number of hydrogen-bond acceptors (Lipinski definition) is 11. The zero-order chi connectivity index (χ0) is 39.4. The van der Waals surface area contributed by atoms with Gasteiger partial charge in [0.25, 0.3) is 0 Å². The summed E-state index contributed by atoms with van der Waals surface area (Å²) in [5, 5.41) is 38.7. The summed E-state index contributed by atoms with van der Waals surface area (Å²) < 4.78 is 32.6. The lowest BCUT2D eigenvalue weighted by Gasteiger charge is -2.20. The van der Waals surface area contributed by atoms with Gasteiger partial charge in [0.1, 0.15) is 12.7 Å². The Hall–Kier alpha value is -1.37. The summed E-state index contributed by atoms with van der Waals surface area (Å²) in [6, 6.07) is 0. The number of aliphatic hydroxyl groups is 4. The minimum atomic E-state index is -4.65. The zero-order valence-electron chi connectivity index (χ0n) is 33.2. The van der Waals surface area contributed by atoms with E-state index in [2.05, 4.69) is 24.4 Å². The monoisotopic (exact) mass is 781 g/mol. The van der Waals surface area contributed by atoms with E-state index in [1.54, 1.807) is 0 Å². The van der Waals surface area contributed by atoms with Gasteiger partial charge in [-0.15, -0.1) is 0 Å². The molecule has 13 heteroatoms. The first-order valence-corrected chi connectivity index (χ1v) is 22.3. The van der Waals surface area contributed by atoms with Crippen LogP contribution < -0.4 is 0 Å². The molecule has 0 aliphatic heterocycles. The molecule has 0 spiro atoms. The molecule has 0 aromatic heterocycles. The summed E-state index contributed by atoms with van der Waals surface area (Å²) in [6.07, 6.45) is 24.8. The molecule has 0 rings (SSSR count). The van der Waals surface area contributed by atoms with Crippen molar-refractivity contribution in [2.75, 3.05) is 26.4 Å². The molecule has 12 nitrogen and oxygen atoms in total. The van der Waals surface area contributed by atoms with Gasteiger partial charge >= 0.3 is 19.8 Å². The van der Waals surface area contributed by atoms with Gasteiger partial charge in [0, 0.05) is 12.8 Å². The standard InChI is InChI=1S/C40H77O12P/c1-3-5-7-9-11-12-13-14-15-16-17-21-25-29-39(45)49-33-36(34-51-53(47,48)50-32-35(42)31-41)52-40(46)30-26-22-18-20-24-28-38(44)37(43)27-23-19-10-8-6-4-2/h19,23,35-38,41-44H,3-18,20-22,24-34H2,1-2H3,(H,47,48)/b23-19-/t35-,36+,37-,38-/m0/s1. The average molecular weight is 781 g/mol. The normalized spacial score (nSPS) is 15.2. The van der Waals surface area contributed by atoms with Crippen LogP contribution in [0.3, 0.4) is 0 Å². The predicted octanol–water partition coefficient (Wildman–Crippen LogP) is 8.39. The minimum Gasteiger partial charge on any atom is -0.462 e. The molecule has 0 amide bonds. The molecule has 0 heterocycles. The molecule has 0 bridgehead atoms. The molecule has 314 valence electrons. The average Bonchev–Trinajstić information content (AvgIpc) is 3.14. The van der Waals surface area contributed by atoms with Crippen molar-refractivity contribution in [2.45, 2.75) is 205 Å². The Kier molecular flexibility index (Phi) is 35.3. The lowest BCUT2D eigenvalue weighted by molar-refractivity contribution is -0.161. The van der Waals surface area contributed by atoms with E-state index in [0.717, 1.165) is 57.8 Å². The Morgan fingerprint density at radius 3 is 1.66 bits per heavy atom. The number of allylic oxidation sites excluding steroid dienone is 1. The first kappa shape index (κ1) is 51.6. The fraction of sp³-hybridized carbons (Fsp3) is 0.900.